The molecule has 2 aliphatic heterocycles. The number of fused-ring (bicyclic) bond motifs is 5. The van der Waals surface area contributed by atoms with Gasteiger partial charge in [-0.05, 0) is 67.3 Å². The number of carbonyl (C=O) groups excluding carboxylic acids is 2. The molecular weight excluding hydrogens is 571 g/mol. The number of hydrogen-bond acceptors (Lipinski definition) is 4. The SMILES string of the molecule is CCCOc1ccc([C@@H]2CN3C(=O)CN(Cc4cccc(C(F)(F)F)c4)C(=O)[C@]3(C)c3[nH]c4ccccc4c32)cc1OCC. The molecule has 2 atom stereocenters. The maximum atomic E-state index is 14.3. The Morgan fingerprint density at radius 3 is 2.52 bits per heavy atom. The van der Waals surface area contributed by atoms with Crippen LogP contribution in [-0.2, 0) is 27.8 Å². The number of amides is 2. The summed E-state index contributed by atoms with van der Waals surface area (Å²) in [6.45, 7) is 6.56. The van der Waals surface area contributed by atoms with Crippen molar-refractivity contribution < 1.29 is 32.2 Å². The average molecular weight is 606 g/mol. The van der Waals surface area contributed by atoms with Crippen molar-refractivity contribution in [1.29, 1.82) is 0 Å². The van der Waals surface area contributed by atoms with E-state index in [2.05, 4.69) is 4.98 Å². The first-order chi connectivity index (χ1) is 21.1. The second-order valence-electron chi connectivity index (χ2n) is 11.4. The van der Waals surface area contributed by atoms with Crippen LogP contribution in [0.4, 0.5) is 13.2 Å². The van der Waals surface area contributed by atoms with Crippen molar-refractivity contribution in [3.63, 3.8) is 0 Å². The fourth-order valence-corrected chi connectivity index (χ4v) is 6.51. The number of para-hydroxylation sites is 1. The molecule has 0 unspecified atom stereocenters. The van der Waals surface area contributed by atoms with Gasteiger partial charge in [0.2, 0.25) is 5.91 Å². The molecule has 3 aromatic carbocycles. The zero-order chi connectivity index (χ0) is 31.2. The summed E-state index contributed by atoms with van der Waals surface area (Å²) in [6, 6.07) is 18.5. The first kappa shape index (κ1) is 29.6. The number of alkyl halides is 3. The summed E-state index contributed by atoms with van der Waals surface area (Å²) in [5.74, 6) is 0.356. The summed E-state index contributed by atoms with van der Waals surface area (Å²) in [7, 11) is 0. The van der Waals surface area contributed by atoms with Gasteiger partial charge in [-0.1, -0.05) is 43.3 Å². The molecule has 1 aromatic heterocycles. The van der Waals surface area contributed by atoms with Crippen LogP contribution in [0.5, 0.6) is 11.5 Å². The van der Waals surface area contributed by atoms with Gasteiger partial charge in [-0.3, -0.25) is 9.59 Å². The van der Waals surface area contributed by atoms with Gasteiger partial charge in [-0.15, -0.1) is 0 Å². The number of nitrogens with one attached hydrogen (secondary N) is 1. The summed E-state index contributed by atoms with van der Waals surface area (Å²) >= 11 is 0. The molecule has 1 saturated heterocycles. The standard InChI is InChI=1S/C34H34F3N3O4/c1-4-15-44-27-14-13-22(17-28(27)43-5-2)25-19-40-29(41)20-39(18-21-9-8-10-23(16-21)34(35,36)37)32(42)33(40,3)31-30(25)24-11-6-7-12-26(24)38-31/h6-14,16-17,25,38H,4-5,15,18-20H2,1-3H3/t25-,33-/m0/s1. The van der Waals surface area contributed by atoms with E-state index in [1.165, 1.54) is 17.0 Å². The lowest BCUT2D eigenvalue weighted by atomic mass is 9.76. The van der Waals surface area contributed by atoms with E-state index in [0.717, 1.165) is 40.6 Å². The van der Waals surface area contributed by atoms with Crippen LogP contribution in [0.3, 0.4) is 0 Å². The summed E-state index contributed by atoms with van der Waals surface area (Å²) in [5.41, 5.74) is 1.38. The topological polar surface area (TPSA) is 74.9 Å². The Hall–Kier alpha value is -4.47. The van der Waals surface area contributed by atoms with Crippen molar-refractivity contribution in [1.82, 2.24) is 14.8 Å². The van der Waals surface area contributed by atoms with Crippen molar-refractivity contribution in [2.24, 2.45) is 0 Å². The molecule has 7 nitrogen and oxygen atoms in total. The smallest absolute Gasteiger partial charge is 0.416 e. The molecule has 1 N–H and O–H groups in total. The lowest BCUT2D eigenvalue weighted by molar-refractivity contribution is -0.167. The average Bonchev–Trinajstić information content (AvgIpc) is 3.40. The number of aromatic nitrogens is 1. The molecule has 4 aromatic rings. The van der Waals surface area contributed by atoms with Gasteiger partial charge in [-0.25, -0.2) is 0 Å². The Labute approximate surface area is 253 Å². The zero-order valence-electron chi connectivity index (χ0n) is 24.8. The molecule has 230 valence electrons. The highest BCUT2D eigenvalue weighted by atomic mass is 19.4. The normalized spacial score (nSPS) is 20.1. The molecule has 6 rings (SSSR count). The Morgan fingerprint density at radius 2 is 1.77 bits per heavy atom. The van der Waals surface area contributed by atoms with E-state index >= 15 is 0 Å². The number of piperazine rings is 1. The number of benzene rings is 3. The number of carbonyl (C=O) groups is 2. The van der Waals surface area contributed by atoms with Crippen molar-refractivity contribution in [2.75, 3.05) is 26.3 Å². The molecule has 3 heterocycles. The fourth-order valence-electron chi connectivity index (χ4n) is 6.51. The molecule has 2 amide bonds. The van der Waals surface area contributed by atoms with E-state index in [0.29, 0.717) is 36.0 Å². The van der Waals surface area contributed by atoms with E-state index in [4.69, 9.17) is 9.47 Å². The molecule has 10 heteroatoms. The highest BCUT2D eigenvalue weighted by molar-refractivity contribution is 6.01. The summed E-state index contributed by atoms with van der Waals surface area (Å²) in [5, 5.41) is 0.938. The minimum atomic E-state index is -4.51. The molecule has 0 spiro atoms. The predicted octanol–water partition coefficient (Wildman–Crippen LogP) is 6.61. The Kier molecular flexibility index (Phi) is 7.55. The van der Waals surface area contributed by atoms with Crippen molar-refractivity contribution in [2.45, 2.75) is 51.4 Å². The second-order valence-corrected chi connectivity index (χ2v) is 11.4. The van der Waals surface area contributed by atoms with Gasteiger partial charge in [0.15, 0.2) is 17.0 Å². The van der Waals surface area contributed by atoms with Crippen molar-refractivity contribution in [3.05, 3.63) is 94.7 Å². The summed E-state index contributed by atoms with van der Waals surface area (Å²) in [6.07, 6.45) is -3.66. The zero-order valence-corrected chi connectivity index (χ0v) is 24.8. The number of nitrogens with zero attached hydrogens (tertiary/aromatic N) is 2. The highest BCUT2D eigenvalue weighted by Gasteiger charge is 2.56. The highest BCUT2D eigenvalue weighted by Crippen LogP contribution is 2.49. The van der Waals surface area contributed by atoms with Gasteiger partial charge >= 0.3 is 6.18 Å². The second kappa shape index (κ2) is 11.2. The quantitative estimate of drug-likeness (QED) is 0.246. The maximum absolute atomic E-state index is 14.3. The van der Waals surface area contributed by atoms with Crippen molar-refractivity contribution >= 4 is 22.7 Å². The van der Waals surface area contributed by atoms with Gasteiger partial charge in [0.25, 0.3) is 5.91 Å². The van der Waals surface area contributed by atoms with E-state index < -0.39 is 17.3 Å². The minimum absolute atomic E-state index is 0.117. The molecular formula is C34H34F3N3O4. The van der Waals surface area contributed by atoms with Gasteiger partial charge in [-0.2, -0.15) is 13.2 Å². The lowest BCUT2D eigenvalue weighted by Crippen LogP contribution is -2.67. The van der Waals surface area contributed by atoms with E-state index in [1.54, 1.807) is 11.8 Å². The molecule has 0 bridgehead atoms. The summed E-state index contributed by atoms with van der Waals surface area (Å²) in [4.78, 5) is 34.6. The maximum Gasteiger partial charge on any atom is 0.416 e. The van der Waals surface area contributed by atoms with E-state index in [9.17, 15) is 22.8 Å². The number of hydrogen-bond donors (Lipinski definition) is 1. The van der Waals surface area contributed by atoms with Gasteiger partial charge in [0, 0.05) is 29.9 Å². The number of rotatable bonds is 8. The molecule has 0 saturated carbocycles. The monoisotopic (exact) mass is 605 g/mol. The minimum Gasteiger partial charge on any atom is -0.490 e. The van der Waals surface area contributed by atoms with Crippen LogP contribution in [0.25, 0.3) is 10.9 Å². The molecule has 0 radical (unpaired) electrons. The van der Waals surface area contributed by atoms with Crippen LogP contribution in [0.15, 0.2) is 66.7 Å². The van der Waals surface area contributed by atoms with Crippen molar-refractivity contribution in [3.8, 4) is 11.5 Å². The number of ether oxygens (including phenoxy) is 2. The third-order valence-corrected chi connectivity index (χ3v) is 8.58. The van der Waals surface area contributed by atoms with Crippen LogP contribution in [0.1, 0.15) is 61.1 Å². The summed E-state index contributed by atoms with van der Waals surface area (Å²) < 4.78 is 52.0. The molecule has 0 aliphatic carbocycles. The Morgan fingerprint density at radius 1 is 0.977 bits per heavy atom. The van der Waals surface area contributed by atoms with Crippen LogP contribution < -0.4 is 9.47 Å². The Bertz CT molecular complexity index is 1730. The van der Waals surface area contributed by atoms with Gasteiger partial charge < -0.3 is 24.3 Å². The number of H-pyrrole nitrogens is 1. The first-order valence-corrected chi connectivity index (χ1v) is 14.8. The number of halogens is 3. The van der Waals surface area contributed by atoms with E-state index in [1.807, 2.05) is 56.3 Å². The molecule has 2 aliphatic rings. The Balaban J connectivity index is 1.44. The largest absolute Gasteiger partial charge is 0.490 e. The predicted molar refractivity (Wildman–Crippen MR) is 159 cm³/mol. The molecule has 44 heavy (non-hydrogen) atoms. The van der Waals surface area contributed by atoms with E-state index in [-0.39, 0.29) is 37.4 Å². The lowest BCUT2D eigenvalue weighted by Gasteiger charge is -2.51. The van der Waals surface area contributed by atoms with Gasteiger partial charge in [0.05, 0.1) is 24.5 Å². The fraction of sp³-hybridized carbons (Fsp3) is 0.353. The number of aromatic amines is 1. The molecule has 1 fully saturated rings. The first-order valence-electron chi connectivity index (χ1n) is 14.8. The van der Waals surface area contributed by atoms with Crippen LogP contribution in [-0.4, -0.2) is 52.9 Å². The van der Waals surface area contributed by atoms with Gasteiger partial charge in [0.1, 0.15) is 6.54 Å². The van der Waals surface area contributed by atoms with Crippen LogP contribution in [0, 0.1) is 0 Å². The third-order valence-electron chi connectivity index (χ3n) is 8.58. The van der Waals surface area contributed by atoms with Crippen LogP contribution >= 0.6 is 0 Å². The van der Waals surface area contributed by atoms with Crippen LogP contribution in [0.2, 0.25) is 0 Å². The third kappa shape index (κ3) is 4.96.